The Labute approximate surface area is 95.0 Å². The first kappa shape index (κ1) is 12.3. The fraction of sp³-hybridized carbons (Fsp3) is 1.00. The molecule has 2 fully saturated rings. The molecule has 94 valence electrons. The molecule has 0 unspecified atom stereocenters. The predicted molar refractivity (Wildman–Crippen MR) is 55.7 cm³/mol. The second-order valence-electron chi connectivity index (χ2n) is 4.78. The van der Waals surface area contributed by atoms with Gasteiger partial charge in [-0.05, 0) is 19.8 Å². The molecular weight excluding hydrogens is 212 g/mol. The van der Waals surface area contributed by atoms with Crippen LogP contribution >= 0.6 is 0 Å². The Hall–Kier alpha value is -0.200. The van der Waals surface area contributed by atoms with Crippen LogP contribution in [0.25, 0.3) is 0 Å². The van der Waals surface area contributed by atoms with Gasteiger partial charge in [-0.2, -0.15) is 0 Å². The molecule has 16 heavy (non-hydrogen) atoms. The SMILES string of the molecule is C[C@H]1CC[C@]2(O[C@@H](CCO)C[C@@H](O)[C@@H]2O)O1. The van der Waals surface area contributed by atoms with E-state index in [0.717, 1.165) is 6.42 Å². The Morgan fingerprint density at radius 3 is 2.62 bits per heavy atom. The second-order valence-corrected chi connectivity index (χ2v) is 4.78. The van der Waals surface area contributed by atoms with Crippen molar-refractivity contribution in [2.24, 2.45) is 0 Å². The van der Waals surface area contributed by atoms with E-state index in [1.54, 1.807) is 0 Å². The first-order valence-electron chi connectivity index (χ1n) is 5.90. The molecule has 5 atom stereocenters. The highest BCUT2D eigenvalue weighted by Gasteiger charge is 2.53. The van der Waals surface area contributed by atoms with Crippen molar-refractivity contribution in [3.63, 3.8) is 0 Å². The van der Waals surface area contributed by atoms with E-state index in [-0.39, 0.29) is 18.8 Å². The molecule has 2 heterocycles. The zero-order valence-corrected chi connectivity index (χ0v) is 9.50. The van der Waals surface area contributed by atoms with Crippen LogP contribution in [0.5, 0.6) is 0 Å². The van der Waals surface area contributed by atoms with Gasteiger partial charge in [-0.1, -0.05) is 0 Å². The van der Waals surface area contributed by atoms with Crippen LogP contribution < -0.4 is 0 Å². The van der Waals surface area contributed by atoms with E-state index in [0.29, 0.717) is 19.3 Å². The molecule has 0 aliphatic carbocycles. The number of rotatable bonds is 2. The van der Waals surface area contributed by atoms with Crippen molar-refractivity contribution in [1.82, 2.24) is 0 Å². The molecular formula is C11H20O5. The lowest BCUT2D eigenvalue weighted by Crippen LogP contribution is -2.58. The highest BCUT2D eigenvalue weighted by atomic mass is 16.7. The summed E-state index contributed by atoms with van der Waals surface area (Å²) in [7, 11) is 0. The minimum Gasteiger partial charge on any atom is -0.396 e. The van der Waals surface area contributed by atoms with Crippen molar-refractivity contribution in [3.05, 3.63) is 0 Å². The summed E-state index contributed by atoms with van der Waals surface area (Å²) in [5.41, 5.74) is 0. The fourth-order valence-electron chi connectivity index (χ4n) is 2.58. The van der Waals surface area contributed by atoms with Crippen molar-refractivity contribution in [3.8, 4) is 0 Å². The summed E-state index contributed by atoms with van der Waals surface area (Å²) in [6.07, 6.45) is 0.181. The second kappa shape index (κ2) is 4.58. The van der Waals surface area contributed by atoms with Crippen LogP contribution in [0.3, 0.4) is 0 Å². The van der Waals surface area contributed by atoms with Gasteiger partial charge in [0.15, 0.2) is 5.79 Å². The quantitative estimate of drug-likeness (QED) is 0.613. The summed E-state index contributed by atoms with van der Waals surface area (Å²) in [5, 5.41) is 28.7. The van der Waals surface area contributed by atoms with E-state index in [9.17, 15) is 10.2 Å². The summed E-state index contributed by atoms with van der Waals surface area (Å²) in [4.78, 5) is 0. The van der Waals surface area contributed by atoms with Gasteiger partial charge in [0.1, 0.15) is 6.10 Å². The number of hydrogen-bond donors (Lipinski definition) is 3. The van der Waals surface area contributed by atoms with Crippen LogP contribution in [0, 0.1) is 0 Å². The summed E-state index contributed by atoms with van der Waals surface area (Å²) in [6.45, 7) is 1.94. The lowest BCUT2D eigenvalue weighted by molar-refractivity contribution is -0.331. The van der Waals surface area contributed by atoms with E-state index < -0.39 is 18.0 Å². The van der Waals surface area contributed by atoms with Crippen LogP contribution in [0.15, 0.2) is 0 Å². The summed E-state index contributed by atoms with van der Waals surface area (Å²) in [5.74, 6) is -1.06. The largest absolute Gasteiger partial charge is 0.396 e. The topological polar surface area (TPSA) is 79.2 Å². The summed E-state index contributed by atoms with van der Waals surface area (Å²) < 4.78 is 11.4. The maximum absolute atomic E-state index is 9.97. The Balaban J connectivity index is 2.09. The van der Waals surface area contributed by atoms with Crippen LogP contribution in [0.4, 0.5) is 0 Å². The van der Waals surface area contributed by atoms with Gasteiger partial charge in [0.05, 0.1) is 18.3 Å². The smallest absolute Gasteiger partial charge is 0.197 e. The van der Waals surface area contributed by atoms with Gasteiger partial charge in [0.2, 0.25) is 0 Å². The summed E-state index contributed by atoms with van der Waals surface area (Å²) >= 11 is 0. The molecule has 0 bridgehead atoms. The third-order valence-corrected chi connectivity index (χ3v) is 3.44. The Morgan fingerprint density at radius 2 is 2.06 bits per heavy atom. The van der Waals surface area contributed by atoms with Crippen molar-refractivity contribution >= 4 is 0 Å². The maximum Gasteiger partial charge on any atom is 0.197 e. The van der Waals surface area contributed by atoms with Crippen molar-refractivity contribution < 1.29 is 24.8 Å². The highest BCUT2D eigenvalue weighted by Crippen LogP contribution is 2.41. The molecule has 0 saturated carbocycles. The molecule has 0 aromatic carbocycles. The van der Waals surface area contributed by atoms with E-state index in [1.807, 2.05) is 6.92 Å². The van der Waals surface area contributed by atoms with Crippen LogP contribution in [0.2, 0.25) is 0 Å². The van der Waals surface area contributed by atoms with Gasteiger partial charge in [0.25, 0.3) is 0 Å². The number of ether oxygens (including phenoxy) is 2. The Morgan fingerprint density at radius 1 is 1.31 bits per heavy atom. The Kier molecular flexibility index (Phi) is 3.51. The average molecular weight is 232 g/mol. The van der Waals surface area contributed by atoms with Crippen molar-refractivity contribution in [2.45, 2.75) is 62.8 Å². The van der Waals surface area contributed by atoms with Gasteiger partial charge in [-0.15, -0.1) is 0 Å². The fourth-order valence-corrected chi connectivity index (χ4v) is 2.58. The zero-order chi connectivity index (χ0) is 11.8. The lowest BCUT2D eigenvalue weighted by Gasteiger charge is -2.44. The molecule has 2 rings (SSSR count). The maximum atomic E-state index is 9.97. The van der Waals surface area contributed by atoms with Gasteiger partial charge < -0.3 is 24.8 Å². The molecule has 5 heteroatoms. The minimum atomic E-state index is -1.06. The minimum absolute atomic E-state index is 0.0130. The van der Waals surface area contributed by atoms with Crippen LogP contribution in [-0.2, 0) is 9.47 Å². The van der Waals surface area contributed by atoms with E-state index in [1.165, 1.54) is 0 Å². The average Bonchev–Trinajstić information content (AvgIpc) is 2.58. The summed E-state index contributed by atoms with van der Waals surface area (Å²) in [6, 6.07) is 0. The molecule has 1 spiro atoms. The van der Waals surface area contributed by atoms with Gasteiger partial charge in [0, 0.05) is 19.4 Å². The van der Waals surface area contributed by atoms with Crippen LogP contribution in [-0.4, -0.2) is 52.1 Å². The standard InChI is InChI=1S/C11H20O5/c1-7-2-4-11(15-7)10(14)9(13)6-8(16-11)3-5-12/h7-10,12-14H,2-6H2,1H3/t7-,8-,9+,10-,11+/m0/s1. The zero-order valence-electron chi connectivity index (χ0n) is 9.50. The first-order chi connectivity index (χ1) is 7.57. The molecule has 5 nitrogen and oxygen atoms in total. The van der Waals surface area contributed by atoms with E-state index in [2.05, 4.69) is 0 Å². The lowest BCUT2D eigenvalue weighted by atomic mass is 9.92. The Bertz CT molecular complexity index is 247. The van der Waals surface area contributed by atoms with E-state index >= 15 is 0 Å². The third kappa shape index (κ3) is 2.10. The van der Waals surface area contributed by atoms with Crippen molar-refractivity contribution in [1.29, 1.82) is 0 Å². The van der Waals surface area contributed by atoms with Gasteiger partial charge >= 0.3 is 0 Å². The third-order valence-electron chi connectivity index (χ3n) is 3.44. The van der Waals surface area contributed by atoms with Crippen LogP contribution in [0.1, 0.15) is 32.6 Å². The molecule has 3 N–H and O–H groups in total. The number of hydrogen-bond acceptors (Lipinski definition) is 5. The molecule has 2 aliphatic heterocycles. The first-order valence-corrected chi connectivity index (χ1v) is 5.90. The highest BCUT2D eigenvalue weighted by molar-refractivity contribution is 4.95. The molecule has 0 aromatic rings. The monoisotopic (exact) mass is 232 g/mol. The molecule has 2 saturated heterocycles. The van der Waals surface area contributed by atoms with Gasteiger partial charge in [-0.25, -0.2) is 0 Å². The van der Waals surface area contributed by atoms with E-state index in [4.69, 9.17) is 14.6 Å². The number of aliphatic hydroxyl groups is 3. The molecule has 0 amide bonds. The number of aliphatic hydroxyl groups excluding tert-OH is 3. The molecule has 2 aliphatic rings. The predicted octanol–water partition coefficient (Wildman–Crippen LogP) is -0.225. The van der Waals surface area contributed by atoms with Crippen molar-refractivity contribution in [2.75, 3.05) is 6.61 Å². The molecule has 0 radical (unpaired) electrons. The molecule has 0 aromatic heterocycles. The van der Waals surface area contributed by atoms with Gasteiger partial charge in [-0.3, -0.25) is 0 Å². The normalized spacial score (nSPS) is 48.8.